The number of primary amides is 1. The monoisotopic (exact) mass is 289 g/mol. The number of hydrogen-bond donors (Lipinski definition) is 1. The summed E-state index contributed by atoms with van der Waals surface area (Å²) < 4.78 is 9.91. The fourth-order valence-corrected chi connectivity index (χ4v) is 1.40. The van der Waals surface area contributed by atoms with Gasteiger partial charge in [0.15, 0.2) is 0 Å². The van der Waals surface area contributed by atoms with Crippen molar-refractivity contribution in [3.8, 4) is 5.75 Å². The zero-order valence-corrected chi connectivity index (χ0v) is 10.8. The molecule has 0 fully saturated rings. The van der Waals surface area contributed by atoms with Gasteiger partial charge in [0.2, 0.25) is 5.75 Å². The van der Waals surface area contributed by atoms with Crippen molar-refractivity contribution in [3.05, 3.63) is 27.5 Å². The van der Waals surface area contributed by atoms with Gasteiger partial charge in [0.1, 0.15) is 17.5 Å². The van der Waals surface area contributed by atoms with E-state index in [-0.39, 0.29) is 23.2 Å². The molecule has 1 rings (SSSR count). The zero-order valence-electron chi connectivity index (χ0n) is 10.0. The van der Waals surface area contributed by atoms with Gasteiger partial charge in [-0.2, -0.15) is 0 Å². The number of ether oxygens (including phenoxy) is 2. The minimum Gasteiger partial charge on any atom is -0.487 e. The van der Waals surface area contributed by atoms with Crippen LogP contribution in [0.4, 0.5) is 10.5 Å². The van der Waals surface area contributed by atoms with Crippen LogP contribution in [0.2, 0.25) is 5.15 Å². The highest BCUT2D eigenvalue weighted by molar-refractivity contribution is 6.29. The Morgan fingerprint density at radius 3 is 2.95 bits per heavy atom. The Hall–Kier alpha value is -2.09. The molecule has 0 aliphatic carbocycles. The molecule has 104 valence electrons. The number of nitrogens with zero attached hydrogens (tertiary/aromatic N) is 2. The SMILES string of the molecule is CC(CCOc1cc(Cl)ncc1[N+](=O)[O-])OC(N)=O. The number of halogens is 1. The molecular weight excluding hydrogens is 278 g/mol. The Kier molecular flexibility index (Phi) is 5.31. The molecule has 0 radical (unpaired) electrons. The first-order valence-corrected chi connectivity index (χ1v) is 5.66. The van der Waals surface area contributed by atoms with Gasteiger partial charge in [0.05, 0.1) is 11.5 Å². The van der Waals surface area contributed by atoms with E-state index in [2.05, 4.69) is 9.72 Å². The molecule has 1 aromatic rings. The van der Waals surface area contributed by atoms with Gasteiger partial charge in [-0.25, -0.2) is 9.78 Å². The second kappa shape index (κ2) is 6.74. The second-order valence-corrected chi connectivity index (χ2v) is 4.00. The molecule has 1 aromatic heterocycles. The van der Waals surface area contributed by atoms with Crippen LogP contribution in [0.5, 0.6) is 5.75 Å². The molecule has 0 aliphatic heterocycles. The largest absolute Gasteiger partial charge is 0.487 e. The lowest BCUT2D eigenvalue weighted by Gasteiger charge is -2.12. The van der Waals surface area contributed by atoms with Gasteiger partial charge in [-0.05, 0) is 6.92 Å². The molecule has 1 amide bonds. The molecule has 19 heavy (non-hydrogen) atoms. The van der Waals surface area contributed by atoms with Crippen LogP contribution in [0, 0.1) is 10.1 Å². The molecule has 0 saturated carbocycles. The van der Waals surface area contributed by atoms with E-state index >= 15 is 0 Å². The molecule has 1 atom stereocenters. The minimum atomic E-state index is -0.884. The van der Waals surface area contributed by atoms with E-state index < -0.39 is 17.1 Å². The number of pyridine rings is 1. The standard InChI is InChI=1S/C10H12ClN3O5/c1-6(19-10(12)15)2-3-18-8-4-9(11)13-5-7(8)14(16)17/h4-6H,2-3H2,1H3,(H2,12,15). The topological polar surface area (TPSA) is 118 Å². The fourth-order valence-electron chi connectivity index (χ4n) is 1.25. The highest BCUT2D eigenvalue weighted by atomic mass is 35.5. The Bertz CT molecular complexity index is 482. The molecule has 0 saturated heterocycles. The van der Waals surface area contributed by atoms with E-state index in [1.54, 1.807) is 6.92 Å². The summed E-state index contributed by atoms with van der Waals surface area (Å²) >= 11 is 5.63. The number of amides is 1. The van der Waals surface area contributed by atoms with Crippen LogP contribution in [-0.2, 0) is 4.74 Å². The summed E-state index contributed by atoms with van der Waals surface area (Å²) in [7, 11) is 0. The molecule has 0 bridgehead atoms. The van der Waals surface area contributed by atoms with E-state index in [0.717, 1.165) is 6.20 Å². The van der Waals surface area contributed by atoms with E-state index in [0.29, 0.717) is 6.42 Å². The van der Waals surface area contributed by atoms with Crippen LogP contribution in [0.25, 0.3) is 0 Å². The van der Waals surface area contributed by atoms with Crippen LogP contribution >= 0.6 is 11.6 Å². The summed E-state index contributed by atoms with van der Waals surface area (Å²) in [6, 6.07) is 1.25. The van der Waals surface area contributed by atoms with Crippen molar-refractivity contribution < 1.29 is 19.2 Å². The van der Waals surface area contributed by atoms with Crippen molar-refractivity contribution in [1.82, 2.24) is 4.98 Å². The normalized spacial score (nSPS) is 11.7. The highest BCUT2D eigenvalue weighted by Crippen LogP contribution is 2.28. The summed E-state index contributed by atoms with van der Waals surface area (Å²) in [6.07, 6.45) is 0.0143. The predicted octanol–water partition coefficient (Wildman–Crippen LogP) is 1.90. The van der Waals surface area contributed by atoms with Gasteiger partial charge in [0.25, 0.3) is 0 Å². The lowest BCUT2D eigenvalue weighted by atomic mass is 10.3. The predicted molar refractivity (Wildman–Crippen MR) is 66.1 cm³/mol. The average molecular weight is 290 g/mol. The third-order valence-corrected chi connectivity index (χ3v) is 2.32. The number of aromatic nitrogens is 1. The maximum absolute atomic E-state index is 10.7. The van der Waals surface area contributed by atoms with Crippen molar-refractivity contribution in [2.24, 2.45) is 5.73 Å². The Morgan fingerprint density at radius 2 is 2.37 bits per heavy atom. The van der Waals surface area contributed by atoms with Crippen molar-refractivity contribution in [3.63, 3.8) is 0 Å². The maximum Gasteiger partial charge on any atom is 0.404 e. The average Bonchev–Trinajstić information content (AvgIpc) is 2.27. The third kappa shape index (κ3) is 4.96. The van der Waals surface area contributed by atoms with Gasteiger partial charge in [-0.15, -0.1) is 0 Å². The number of carbonyl (C=O) groups excluding carboxylic acids is 1. The summed E-state index contributed by atoms with van der Waals surface area (Å²) in [5.74, 6) is 0.0104. The Balaban J connectivity index is 2.59. The van der Waals surface area contributed by atoms with Crippen molar-refractivity contribution in [2.45, 2.75) is 19.4 Å². The van der Waals surface area contributed by atoms with Gasteiger partial charge >= 0.3 is 11.8 Å². The summed E-state index contributed by atoms with van der Waals surface area (Å²) in [6.45, 7) is 1.73. The van der Waals surface area contributed by atoms with E-state index in [4.69, 9.17) is 22.1 Å². The molecule has 0 aromatic carbocycles. The van der Waals surface area contributed by atoms with Crippen LogP contribution in [0.1, 0.15) is 13.3 Å². The molecule has 0 aliphatic rings. The molecule has 0 spiro atoms. The first-order valence-electron chi connectivity index (χ1n) is 5.29. The van der Waals surface area contributed by atoms with Crippen LogP contribution < -0.4 is 10.5 Å². The molecule has 1 unspecified atom stereocenters. The van der Waals surface area contributed by atoms with Crippen molar-refractivity contribution in [1.29, 1.82) is 0 Å². The molecule has 8 nitrogen and oxygen atoms in total. The molecule has 1 heterocycles. The first-order chi connectivity index (χ1) is 8.90. The van der Waals surface area contributed by atoms with Crippen LogP contribution in [0.15, 0.2) is 12.3 Å². The summed E-state index contributed by atoms with van der Waals surface area (Å²) in [4.78, 5) is 24.2. The third-order valence-electron chi connectivity index (χ3n) is 2.11. The Morgan fingerprint density at radius 1 is 1.68 bits per heavy atom. The number of carbonyl (C=O) groups is 1. The highest BCUT2D eigenvalue weighted by Gasteiger charge is 2.17. The number of nitrogens with two attached hydrogens (primary N) is 1. The lowest BCUT2D eigenvalue weighted by molar-refractivity contribution is -0.386. The maximum atomic E-state index is 10.7. The molecule has 2 N–H and O–H groups in total. The van der Waals surface area contributed by atoms with Gasteiger partial charge in [-0.1, -0.05) is 11.6 Å². The number of nitro groups is 1. The minimum absolute atomic E-state index is 0.0104. The number of hydrogen-bond acceptors (Lipinski definition) is 6. The summed E-state index contributed by atoms with van der Waals surface area (Å²) in [5.41, 5.74) is 4.56. The van der Waals surface area contributed by atoms with Gasteiger partial charge < -0.3 is 15.2 Å². The molecular formula is C10H12ClN3O5. The molecule has 9 heteroatoms. The van der Waals surface area contributed by atoms with Crippen LogP contribution in [0.3, 0.4) is 0 Å². The zero-order chi connectivity index (χ0) is 14.4. The smallest absolute Gasteiger partial charge is 0.404 e. The summed E-state index contributed by atoms with van der Waals surface area (Å²) in [5, 5.41) is 10.8. The first kappa shape index (κ1) is 15.0. The lowest BCUT2D eigenvalue weighted by Crippen LogP contribution is -2.22. The van der Waals surface area contributed by atoms with Gasteiger partial charge in [0, 0.05) is 12.5 Å². The van der Waals surface area contributed by atoms with Gasteiger partial charge in [-0.3, -0.25) is 10.1 Å². The van der Waals surface area contributed by atoms with Crippen molar-refractivity contribution >= 4 is 23.4 Å². The second-order valence-electron chi connectivity index (χ2n) is 3.62. The van der Waals surface area contributed by atoms with E-state index in [1.165, 1.54) is 6.07 Å². The van der Waals surface area contributed by atoms with E-state index in [1.807, 2.05) is 0 Å². The fraction of sp³-hybridized carbons (Fsp3) is 0.400. The van der Waals surface area contributed by atoms with E-state index in [9.17, 15) is 14.9 Å². The Labute approximate surface area is 113 Å². The van der Waals surface area contributed by atoms with Crippen molar-refractivity contribution in [2.75, 3.05) is 6.61 Å². The quantitative estimate of drug-likeness (QED) is 0.485. The number of rotatable bonds is 6. The van der Waals surface area contributed by atoms with Crippen LogP contribution in [-0.4, -0.2) is 28.7 Å².